The average molecular weight is 791 g/mol. The Hall–Kier alpha value is -1.23. The lowest BCUT2D eigenvalue weighted by atomic mass is 9.46. The number of rotatable bonds is 21. The summed E-state index contributed by atoms with van der Waals surface area (Å²) in [6.45, 7) is 13.8. The third kappa shape index (κ3) is 10.6. The van der Waals surface area contributed by atoms with Crippen LogP contribution >= 0.6 is 0 Å². The van der Waals surface area contributed by atoms with E-state index in [0.717, 1.165) is 56.4 Å². The molecule has 5 rings (SSSR count). The van der Waals surface area contributed by atoms with Crippen molar-refractivity contribution < 1.29 is 44.5 Å². The van der Waals surface area contributed by atoms with Gasteiger partial charge in [0.15, 0.2) is 6.29 Å². The highest BCUT2D eigenvalue weighted by molar-refractivity contribution is 5.69. The zero-order valence-electron chi connectivity index (χ0n) is 36.1. The van der Waals surface area contributed by atoms with Gasteiger partial charge in [-0.15, -0.1) is 0 Å². The Morgan fingerprint density at radius 3 is 2.11 bits per heavy atom. The van der Waals surface area contributed by atoms with Crippen LogP contribution in [0.25, 0.3) is 0 Å². The molecule has 1 heterocycles. The molecule has 1 unspecified atom stereocenters. The van der Waals surface area contributed by atoms with Crippen LogP contribution in [0.4, 0.5) is 0 Å². The van der Waals surface area contributed by atoms with Crippen molar-refractivity contribution in [3.8, 4) is 0 Å². The van der Waals surface area contributed by atoms with Crippen molar-refractivity contribution >= 4 is 5.97 Å². The molecule has 3 saturated carbocycles. The van der Waals surface area contributed by atoms with Crippen molar-refractivity contribution in [2.75, 3.05) is 6.61 Å². The molecule has 1 aliphatic heterocycles. The average Bonchev–Trinajstić information content (AvgIpc) is 3.53. The van der Waals surface area contributed by atoms with Gasteiger partial charge in [-0.3, -0.25) is 4.79 Å². The number of hydrogen-bond acceptors (Lipinski definition) is 9. The van der Waals surface area contributed by atoms with E-state index in [1.54, 1.807) is 0 Å². The van der Waals surface area contributed by atoms with Gasteiger partial charge in [0.1, 0.15) is 42.9 Å². The summed E-state index contributed by atoms with van der Waals surface area (Å²) >= 11 is 0. The maximum absolute atomic E-state index is 12.5. The van der Waals surface area contributed by atoms with Gasteiger partial charge in [-0.2, -0.15) is 0 Å². The minimum Gasteiger partial charge on any atom is -0.510 e. The Morgan fingerprint density at radius 2 is 1.45 bits per heavy atom. The first-order valence-electron chi connectivity index (χ1n) is 23.3. The SMILES string of the molecule is CCCCCCCCCCCCCC(=O)OC[C@H]1O[C@H](O[C@H]2CC[C@@]3(C)C(=C(O)C(O)[C@H]4[C@@H]5CC[C@H]([C@H](C)CCCC(C)C)[C@@]5(C)CC[C@@H]43)C2)[C@H](O)[C@H](O)[C@@H]1O. The minimum atomic E-state index is -1.53. The molecule has 4 fully saturated rings. The molecule has 9 heteroatoms. The van der Waals surface area contributed by atoms with Crippen LogP contribution in [0.5, 0.6) is 0 Å². The number of aliphatic hydroxyl groups is 5. The van der Waals surface area contributed by atoms with E-state index in [-0.39, 0.29) is 47.4 Å². The quantitative estimate of drug-likeness (QED) is 0.0567. The number of unbranched alkanes of at least 4 members (excludes halogenated alkanes) is 10. The van der Waals surface area contributed by atoms with E-state index in [4.69, 9.17) is 14.2 Å². The van der Waals surface area contributed by atoms with Crippen LogP contribution in [0.15, 0.2) is 11.3 Å². The lowest BCUT2D eigenvalue weighted by Gasteiger charge is -2.60. The normalized spacial score (nSPS) is 38.9. The molecular formula is C47H82O9. The summed E-state index contributed by atoms with van der Waals surface area (Å²) in [6, 6.07) is 0. The van der Waals surface area contributed by atoms with Crippen molar-refractivity contribution in [3.05, 3.63) is 11.3 Å². The number of aliphatic hydroxyl groups excluding tert-OH is 5. The summed E-state index contributed by atoms with van der Waals surface area (Å²) in [7, 11) is 0. The second kappa shape index (κ2) is 20.8. The molecule has 0 amide bonds. The van der Waals surface area contributed by atoms with Crippen molar-refractivity contribution in [3.63, 3.8) is 0 Å². The van der Waals surface area contributed by atoms with Gasteiger partial charge in [0.2, 0.25) is 0 Å². The van der Waals surface area contributed by atoms with Gasteiger partial charge in [-0.1, -0.05) is 125 Å². The molecule has 0 bridgehead atoms. The number of ether oxygens (including phenoxy) is 3. The van der Waals surface area contributed by atoms with Gasteiger partial charge in [0, 0.05) is 6.42 Å². The fraction of sp³-hybridized carbons (Fsp3) is 0.936. The number of carbonyl (C=O) groups is 1. The van der Waals surface area contributed by atoms with Crippen molar-refractivity contribution in [1.82, 2.24) is 0 Å². The first-order valence-corrected chi connectivity index (χ1v) is 23.3. The molecule has 56 heavy (non-hydrogen) atoms. The second-order valence-electron chi connectivity index (χ2n) is 20.0. The molecule has 5 N–H and O–H groups in total. The first kappa shape index (κ1) is 45.8. The third-order valence-corrected chi connectivity index (χ3v) is 15.8. The zero-order valence-corrected chi connectivity index (χ0v) is 36.1. The highest BCUT2D eigenvalue weighted by Gasteiger charge is 2.63. The second-order valence-corrected chi connectivity index (χ2v) is 20.0. The molecule has 1 saturated heterocycles. The van der Waals surface area contributed by atoms with Crippen molar-refractivity contribution in [1.29, 1.82) is 0 Å². The smallest absolute Gasteiger partial charge is 0.305 e. The van der Waals surface area contributed by atoms with E-state index >= 15 is 0 Å². The molecule has 0 aromatic rings. The molecule has 0 spiro atoms. The summed E-state index contributed by atoms with van der Waals surface area (Å²) in [4.78, 5) is 12.5. The van der Waals surface area contributed by atoms with Crippen molar-refractivity contribution in [2.45, 2.75) is 226 Å². The van der Waals surface area contributed by atoms with E-state index in [2.05, 4.69) is 41.5 Å². The standard InChI is InChI=1S/C47H82O9/c1-7-8-9-10-11-12-13-14-15-16-17-21-38(48)54-29-37-41(50)43(52)44(53)45(56-37)55-32-24-26-47(6)35-25-27-46(5)33(31(4)20-18-19-30(2)3)22-23-34(46)39(35)42(51)40(49)36(47)28-32/h30-35,37,39,41-45,49-53H,7-29H2,1-6H3/t31-,32+,33-,34+,35+,37-,39+,41-,42?,43-,44-,45+,46-,47-/m1/s1. The third-order valence-electron chi connectivity index (χ3n) is 15.8. The van der Waals surface area contributed by atoms with E-state index < -0.39 is 42.9 Å². The van der Waals surface area contributed by atoms with E-state index in [1.807, 2.05) is 0 Å². The molecule has 0 radical (unpaired) electrons. The van der Waals surface area contributed by atoms with E-state index in [9.17, 15) is 30.3 Å². The van der Waals surface area contributed by atoms with Gasteiger partial charge in [0.25, 0.3) is 0 Å². The van der Waals surface area contributed by atoms with Gasteiger partial charge in [-0.05, 0) is 103 Å². The molecule has 0 aromatic carbocycles. The molecule has 5 aliphatic rings. The predicted octanol–water partition coefficient (Wildman–Crippen LogP) is 9.32. The molecule has 324 valence electrons. The summed E-state index contributed by atoms with van der Waals surface area (Å²) in [5, 5.41) is 56.1. The Balaban J connectivity index is 1.11. The number of hydrogen-bond donors (Lipinski definition) is 5. The van der Waals surface area contributed by atoms with E-state index in [1.165, 1.54) is 77.0 Å². The Kier molecular flexibility index (Phi) is 17.1. The summed E-state index contributed by atoms with van der Waals surface area (Å²) in [5.74, 6) is 2.46. The summed E-state index contributed by atoms with van der Waals surface area (Å²) < 4.78 is 17.8. The molecular weight excluding hydrogens is 709 g/mol. The molecule has 4 aliphatic carbocycles. The van der Waals surface area contributed by atoms with E-state index in [0.29, 0.717) is 30.6 Å². The van der Waals surface area contributed by atoms with Crippen LogP contribution in [0, 0.1) is 46.3 Å². The van der Waals surface area contributed by atoms with Gasteiger partial charge >= 0.3 is 5.97 Å². The largest absolute Gasteiger partial charge is 0.510 e. The Labute approximate surface area is 339 Å². The molecule has 9 nitrogen and oxygen atoms in total. The maximum Gasteiger partial charge on any atom is 0.305 e. The van der Waals surface area contributed by atoms with Crippen LogP contribution in [-0.4, -0.2) is 81.0 Å². The predicted molar refractivity (Wildman–Crippen MR) is 220 cm³/mol. The topological polar surface area (TPSA) is 146 Å². The molecule has 0 aromatic heterocycles. The van der Waals surface area contributed by atoms with Crippen molar-refractivity contribution in [2.24, 2.45) is 46.3 Å². The lowest BCUT2D eigenvalue weighted by Crippen LogP contribution is -2.60. The Morgan fingerprint density at radius 1 is 0.786 bits per heavy atom. The fourth-order valence-electron chi connectivity index (χ4n) is 12.4. The first-order chi connectivity index (χ1) is 26.7. The zero-order chi connectivity index (χ0) is 40.6. The van der Waals surface area contributed by atoms with Gasteiger partial charge in [0.05, 0.1) is 6.10 Å². The van der Waals surface area contributed by atoms with Crippen LogP contribution < -0.4 is 0 Å². The summed E-state index contributed by atoms with van der Waals surface area (Å²) in [6.07, 6.45) is 15.4. The number of fused-ring (bicyclic) bond motifs is 5. The lowest BCUT2D eigenvalue weighted by molar-refractivity contribution is -0.313. The maximum atomic E-state index is 12.5. The van der Waals surface area contributed by atoms with Crippen LogP contribution in [-0.2, 0) is 19.0 Å². The Bertz CT molecular complexity index is 1250. The van der Waals surface area contributed by atoms with Gasteiger partial charge < -0.3 is 39.7 Å². The van der Waals surface area contributed by atoms with Gasteiger partial charge in [-0.25, -0.2) is 0 Å². The number of esters is 1. The number of carbonyl (C=O) groups excluding carboxylic acids is 1. The monoisotopic (exact) mass is 791 g/mol. The minimum absolute atomic E-state index is 0.0336. The van der Waals surface area contributed by atoms with Crippen LogP contribution in [0.1, 0.15) is 183 Å². The highest BCUT2D eigenvalue weighted by Crippen LogP contribution is 2.68. The van der Waals surface area contributed by atoms with Crippen LogP contribution in [0.3, 0.4) is 0 Å². The fourth-order valence-corrected chi connectivity index (χ4v) is 12.4. The highest BCUT2D eigenvalue weighted by atomic mass is 16.7. The molecule has 14 atom stereocenters. The summed E-state index contributed by atoms with van der Waals surface area (Å²) in [5.41, 5.74) is 0.759. The van der Waals surface area contributed by atoms with Crippen LogP contribution in [0.2, 0.25) is 0 Å².